The first-order valence-electron chi connectivity index (χ1n) is 5.18. The van der Waals surface area contributed by atoms with Gasteiger partial charge in [0, 0.05) is 22.2 Å². The summed E-state index contributed by atoms with van der Waals surface area (Å²) < 4.78 is 0. The highest BCUT2D eigenvalue weighted by Crippen LogP contribution is 2.29. The molecule has 0 bridgehead atoms. The van der Waals surface area contributed by atoms with Gasteiger partial charge in [0.15, 0.2) is 6.10 Å². The number of carboxylic acid groups (broad SMARTS) is 1. The van der Waals surface area contributed by atoms with Crippen molar-refractivity contribution in [3.05, 3.63) is 35.5 Å². The Morgan fingerprint density at radius 1 is 1.29 bits per heavy atom. The van der Waals surface area contributed by atoms with Crippen molar-refractivity contribution in [1.82, 2.24) is 4.98 Å². The number of aromatic amines is 1. The zero-order chi connectivity index (χ0) is 12.6. The van der Waals surface area contributed by atoms with Crippen LogP contribution in [0.4, 0.5) is 0 Å². The van der Waals surface area contributed by atoms with Crippen molar-refractivity contribution in [3.63, 3.8) is 0 Å². The molecular formula is C12H13NO4. The van der Waals surface area contributed by atoms with Crippen molar-refractivity contribution in [2.24, 2.45) is 0 Å². The largest absolute Gasteiger partial charge is 0.479 e. The van der Waals surface area contributed by atoms with Gasteiger partial charge in [0.1, 0.15) is 6.10 Å². The number of hydrogen-bond donors (Lipinski definition) is 4. The Hall–Kier alpha value is -1.85. The van der Waals surface area contributed by atoms with Gasteiger partial charge >= 0.3 is 5.97 Å². The second-order valence-corrected chi connectivity index (χ2v) is 3.94. The van der Waals surface area contributed by atoms with Crippen LogP contribution >= 0.6 is 0 Å². The van der Waals surface area contributed by atoms with Gasteiger partial charge < -0.3 is 20.3 Å². The van der Waals surface area contributed by atoms with E-state index in [1.165, 1.54) is 0 Å². The number of fused-ring (bicyclic) bond motifs is 1. The van der Waals surface area contributed by atoms with Crippen LogP contribution in [0.3, 0.4) is 0 Å². The summed E-state index contributed by atoms with van der Waals surface area (Å²) in [6.07, 6.45) is -3.27. The molecule has 0 spiro atoms. The Labute approximate surface area is 97.3 Å². The molecule has 5 heteroatoms. The molecule has 5 nitrogen and oxygen atoms in total. The summed E-state index contributed by atoms with van der Waals surface area (Å²) in [6.45, 7) is 1.73. The number of aliphatic carboxylic acids is 1. The lowest BCUT2D eigenvalue weighted by molar-refractivity contribution is -0.153. The number of rotatable bonds is 3. The number of aryl methyl sites for hydroxylation is 1. The SMILES string of the molecule is Cc1[nH]c2ccccc2c1C(O)C(O)C(=O)O. The molecular weight excluding hydrogens is 222 g/mol. The number of aliphatic hydroxyl groups excluding tert-OH is 2. The lowest BCUT2D eigenvalue weighted by Gasteiger charge is -2.14. The molecule has 4 N–H and O–H groups in total. The Morgan fingerprint density at radius 2 is 1.94 bits per heavy atom. The van der Waals surface area contributed by atoms with E-state index in [-0.39, 0.29) is 0 Å². The Bertz CT molecular complexity index is 561. The average molecular weight is 235 g/mol. The van der Waals surface area contributed by atoms with Crippen LogP contribution in [0.2, 0.25) is 0 Å². The molecule has 2 atom stereocenters. The highest BCUT2D eigenvalue weighted by atomic mass is 16.4. The normalized spacial score (nSPS) is 14.8. The standard InChI is InChI=1S/C12H13NO4/c1-6-9(10(14)11(15)12(16)17)7-4-2-3-5-8(7)13-6/h2-5,10-11,13-15H,1H3,(H,16,17). The van der Waals surface area contributed by atoms with Gasteiger partial charge in [0.05, 0.1) is 0 Å². The molecule has 0 radical (unpaired) electrons. The lowest BCUT2D eigenvalue weighted by Crippen LogP contribution is -2.27. The fraction of sp³-hybridized carbons (Fsp3) is 0.250. The highest BCUT2D eigenvalue weighted by Gasteiger charge is 2.28. The van der Waals surface area contributed by atoms with Crippen molar-refractivity contribution in [1.29, 1.82) is 0 Å². The second kappa shape index (κ2) is 4.20. The molecule has 2 aromatic rings. The number of para-hydroxylation sites is 1. The maximum Gasteiger partial charge on any atom is 0.335 e. The van der Waals surface area contributed by atoms with Gasteiger partial charge in [-0.3, -0.25) is 0 Å². The van der Waals surface area contributed by atoms with E-state index in [0.29, 0.717) is 11.3 Å². The Balaban J connectivity index is 2.54. The molecule has 2 unspecified atom stereocenters. The maximum atomic E-state index is 10.7. The molecule has 17 heavy (non-hydrogen) atoms. The molecule has 0 aliphatic rings. The summed E-state index contributed by atoms with van der Waals surface area (Å²) in [7, 11) is 0. The molecule has 1 aromatic carbocycles. The lowest BCUT2D eigenvalue weighted by atomic mass is 10.0. The molecule has 90 valence electrons. The number of hydrogen-bond acceptors (Lipinski definition) is 3. The molecule has 0 aliphatic carbocycles. The van der Waals surface area contributed by atoms with Gasteiger partial charge in [-0.15, -0.1) is 0 Å². The number of aromatic nitrogens is 1. The third-order valence-electron chi connectivity index (χ3n) is 2.79. The average Bonchev–Trinajstić information content (AvgIpc) is 2.62. The van der Waals surface area contributed by atoms with Gasteiger partial charge in [-0.25, -0.2) is 4.79 Å². The van der Waals surface area contributed by atoms with Crippen molar-refractivity contribution in [3.8, 4) is 0 Å². The first kappa shape index (κ1) is 11.6. The molecule has 0 amide bonds. The highest BCUT2D eigenvalue weighted by molar-refractivity contribution is 5.86. The van der Waals surface area contributed by atoms with Crippen molar-refractivity contribution in [2.75, 3.05) is 0 Å². The van der Waals surface area contributed by atoms with Crippen LogP contribution in [0.1, 0.15) is 17.4 Å². The number of aliphatic hydroxyl groups is 2. The molecule has 1 aromatic heterocycles. The zero-order valence-electron chi connectivity index (χ0n) is 9.21. The van der Waals surface area contributed by atoms with Gasteiger partial charge in [-0.05, 0) is 13.0 Å². The van der Waals surface area contributed by atoms with Crippen molar-refractivity contribution >= 4 is 16.9 Å². The quantitative estimate of drug-likeness (QED) is 0.637. The number of H-pyrrole nitrogens is 1. The fourth-order valence-electron chi connectivity index (χ4n) is 1.97. The minimum Gasteiger partial charge on any atom is -0.479 e. The van der Waals surface area contributed by atoms with E-state index in [1.54, 1.807) is 19.1 Å². The summed E-state index contributed by atoms with van der Waals surface area (Å²) in [5.74, 6) is -1.44. The van der Waals surface area contributed by atoms with Crippen LogP contribution in [0.15, 0.2) is 24.3 Å². The monoisotopic (exact) mass is 235 g/mol. The van der Waals surface area contributed by atoms with E-state index in [0.717, 1.165) is 10.9 Å². The van der Waals surface area contributed by atoms with Crippen molar-refractivity contribution < 1.29 is 20.1 Å². The molecule has 1 heterocycles. The molecule has 0 fully saturated rings. The minimum atomic E-state index is -1.83. The molecule has 0 saturated carbocycles. The summed E-state index contributed by atoms with van der Waals surface area (Å²) in [5, 5.41) is 28.7. The van der Waals surface area contributed by atoms with Crippen LogP contribution in [0.5, 0.6) is 0 Å². The second-order valence-electron chi connectivity index (χ2n) is 3.94. The van der Waals surface area contributed by atoms with Crippen LogP contribution in [-0.2, 0) is 4.79 Å². The zero-order valence-corrected chi connectivity index (χ0v) is 9.21. The summed E-state index contributed by atoms with van der Waals surface area (Å²) in [5.41, 5.74) is 1.88. The van der Waals surface area contributed by atoms with Crippen molar-refractivity contribution in [2.45, 2.75) is 19.1 Å². The van der Waals surface area contributed by atoms with Gasteiger partial charge in [-0.2, -0.15) is 0 Å². The summed E-state index contributed by atoms with van der Waals surface area (Å²) >= 11 is 0. The first-order valence-corrected chi connectivity index (χ1v) is 5.18. The number of carbonyl (C=O) groups is 1. The number of nitrogens with one attached hydrogen (secondary N) is 1. The molecule has 0 aliphatic heterocycles. The minimum absolute atomic E-state index is 0.426. The summed E-state index contributed by atoms with van der Waals surface area (Å²) in [4.78, 5) is 13.7. The van der Waals surface area contributed by atoms with E-state index >= 15 is 0 Å². The van der Waals surface area contributed by atoms with Gasteiger partial charge in [-0.1, -0.05) is 18.2 Å². The van der Waals surface area contributed by atoms with Gasteiger partial charge in [0.2, 0.25) is 0 Å². The third-order valence-corrected chi connectivity index (χ3v) is 2.79. The number of carboxylic acids is 1. The smallest absolute Gasteiger partial charge is 0.335 e. The van der Waals surface area contributed by atoms with E-state index in [4.69, 9.17) is 5.11 Å². The van der Waals surface area contributed by atoms with Crippen LogP contribution in [0.25, 0.3) is 10.9 Å². The van der Waals surface area contributed by atoms with E-state index < -0.39 is 18.2 Å². The fourth-order valence-corrected chi connectivity index (χ4v) is 1.97. The summed E-state index contributed by atoms with van der Waals surface area (Å²) in [6, 6.07) is 7.22. The van der Waals surface area contributed by atoms with Crippen LogP contribution in [-0.4, -0.2) is 32.4 Å². The van der Waals surface area contributed by atoms with Gasteiger partial charge in [0.25, 0.3) is 0 Å². The predicted octanol–water partition coefficient (Wildman–Crippen LogP) is 0.955. The molecule has 2 rings (SSSR count). The Kier molecular flexibility index (Phi) is 2.87. The van der Waals surface area contributed by atoms with E-state index in [2.05, 4.69) is 4.98 Å². The van der Waals surface area contributed by atoms with Crippen LogP contribution in [0, 0.1) is 6.92 Å². The predicted molar refractivity (Wildman–Crippen MR) is 61.6 cm³/mol. The number of benzene rings is 1. The molecule has 0 saturated heterocycles. The van der Waals surface area contributed by atoms with Crippen LogP contribution < -0.4 is 0 Å². The maximum absolute atomic E-state index is 10.7. The van der Waals surface area contributed by atoms with E-state index in [1.807, 2.05) is 12.1 Å². The third kappa shape index (κ3) is 1.90. The first-order chi connectivity index (χ1) is 8.02. The Morgan fingerprint density at radius 3 is 2.59 bits per heavy atom. The topological polar surface area (TPSA) is 93.5 Å². The van der Waals surface area contributed by atoms with E-state index in [9.17, 15) is 15.0 Å².